The first-order chi connectivity index (χ1) is 7.85. The lowest BCUT2D eigenvalue weighted by atomic mass is 10.1. The molecule has 0 aromatic carbocycles. The lowest BCUT2D eigenvalue weighted by molar-refractivity contribution is 0.240. The van der Waals surface area contributed by atoms with Gasteiger partial charge in [-0.15, -0.1) is 0 Å². The highest BCUT2D eigenvalue weighted by Crippen LogP contribution is 2.39. The zero-order valence-corrected chi connectivity index (χ0v) is 11.0. The summed E-state index contributed by atoms with van der Waals surface area (Å²) in [5.74, 6) is 1.03. The Morgan fingerprint density at radius 3 is 2.75 bits per heavy atom. The third-order valence-corrected chi connectivity index (χ3v) is 4.16. The summed E-state index contributed by atoms with van der Waals surface area (Å²) in [4.78, 5) is 2.78. The monoisotopic (exact) mass is 224 g/mol. The SMILES string of the molecule is CCCC1CN(C2CC2CCC)CCCN1. The second-order valence-corrected chi connectivity index (χ2v) is 5.64. The van der Waals surface area contributed by atoms with Crippen molar-refractivity contribution in [3.05, 3.63) is 0 Å². The summed E-state index contributed by atoms with van der Waals surface area (Å²) in [5, 5.41) is 3.70. The minimum Gasteiger partial charge on any atom is -0.313 e. The van der Waals surface area contributed by atoms with Crippen LogP contribution in [0.15, 0.2) is 0 Å². The van der Waals surface area contributed by atoms with E-state index in [9.17, 15) is 0 Å². The van der Waals surface area contributed by atoms with Crippen LogP contribution in [-0.2, 0) is 0 Å². The van der Waals surface area contributed by atoms with E-state index in [1.165, 1.54) is 58.2 Å². The maximum Gasteiger partial charge on any atom is 0.0195 e. The van der Waals surface area contributed by atoms with Crippen LogP contribution in [0.5, 0.6) is 0 Å². The molecule has 0 radical (unpaired) electrons. The minimum absolute atomic E-state index is 0.760. The molecule has 2 rings (SSSR count). The maximum absolute atomic E-state index is 3.70. The molecule has 0 aromatic rings. The number of rotatable bonds is 5. The van der Waals surface area contributed by atoms with Crippen LogP contribution < -0.4 is 5.32 Å². The third-order valence-electron chi connectivity index (χ3n) is 4.16. The molecule has 1 heterocycles. The highest BCUT2D eigenvalue weighted by atomic mass is 15.2. The zero-order valence-electron chi connectivity index (χ0n) is 11.0. The van der Waals surface area contributed by atoms with Gasteiger partial charge in [0.25, 0.3) is 0 Å². The van der Waals surface area contributed by atoms with Crippen molar-refractivity contribution in [3.63, 3.8) is 0 Å². The second-order valence-electron chi connectivity index (χ2n) is 5.64. The predicted molar refractivity (Wildman–Crippen MR) is 69.7 cm³/mol. The van der Waals surface area contributed by atoms with Gasteiger partial charge < -0.3 is 5.32 Å². The van der Waals surface area contributed by atoms with E-state index in [0.717, 1.165) is 18.0 Å². The van der Waals surface area contributed by atoms with Gasteiger partial charge >= 0.3 is 0 Å². The average molecular weight is 224 g/mol. The number of hydrogen-bond donors (Lipinski definition) is 1. The Morgan fingerprint density at radius 1 is 1.19 bits per heavy atom. The molecule has 3 unspecified atom stereocenters. The molecule has 1 saturated carbocycles. The Morgan fingerprint density at radius 2 is 2.00 bits per heavy atom. The summed E-state index contributed by atoms with van der Waals surface area (Å²) in [6.07, 6.45) is 8.30. The van der Waals surface area contributed by atoms with Gasteiger partial charge in [-0.2, -0.15) is 0 Å². The Kier molecular flexibility index (Phi) is 4.66. The fourth-order valence-electron chi connectivity index (χ4n) is 3.23. The molecule has 0 spiro atoms. The molecule has 2 nitrogen and oxygen atoms in total. The number of hydrogen-bond acceptors (Lipinski definition) is 2. The standard InChI is InChI=1S/C14H28N2/c1-3-6-12-10-14(12)16-9-5-8-15-13(11-16)7-4-2/h12-15H,3-11H2,1-2H3. The van der Waals surface area contributed by atoms with E-state index >= 15 is 0 Å². The van der Waals surface area contributed by atoms with Crippen LogP contribution in [-0.4, -0.2) is 36.6 Å². The van der Waals surface area contributed by atoms with Crippen molar-refractivity contribution >= 4 is 0 Å². The fraction of sp³-hybridized carbons (Fsp3) is 1.00. The molecule has 2 aliphatic rings. The van der Waals surface area contributed by atoms with Crippen LogP contribution in [0.3, 0.4) is 0 Å². The first-order valence-electron chi connectivity index (χ1n) is 7.32. The predicted octanol–water partition coefficient (Wildman–Crippen LogP) is 2.64. The van der Waals surface area contributed by atoms with Crippen molar-refractivity contribution in [2.45, 2.75) is 64.5 Å². The highest BCUT2D eigenvalue weighted by Gasteiger charge is 2.41. The number of nitrogens with one attached hydrogen (secondary N) is 1. The van der Waals surface area contributed by atoms with Crippen LogP contribution in [0.2, 0.25) is 0 Å². The second kappa shape index (κ2) is 6.02. The topological polar surface area (TPSA) is 15.3 Å². The van der Waals surface area contributed by atoms with E-state index in [2.05, 4.69) is 24.1 Å². The third kappa shape index (κ3) is 3.21. The zero-order chi connectivity index (χ0) is 11.4. The molecule has 2 heteroatoms. The average Bonchev–Trinajstić information content (AvgIpc) is 3.03. The van der Waals surface area contributed by atoms with Crippen molar-refractivity contribution in [1.82, 2.24) is 10.2 Å². The van der Waals surface area contributed by atoms with Crippen molar-refractivity contribution in [1.29, 1.82) is 0 Å². The molecule has 1 aliphatic carbocycles. The van der Waals surface area contributed by atoms with Gasteiger partial charge in [-0.1, -0.05) is 26.7 Å². The minimum atomic E-state index is 0.760. The molecule has 0 bridgehead atoms. The normalized spacial score (nSPS) is 36.0. The summed E-state index contributed by atoms with van der Waals surface area (Å²) in [6, 6.07) is 1.70. The van der Waals surface area contributed by atoms with Crippen LogP contribution >= 0.6 is 0 Å². The molecule has 1 aliphatic heterocycles. The Labute approximate surface area is 101 Å². The smallest absolute Gasteiger partial charge is 0.0195 e. The molecule has 2 fully saturated rings. The van der Waals surface area contributed by atoms with E-state index < -0.39 is 0 Å². The van der Waals surface area contributed by atoms with Gasteiger partial charge in [0, 0.05) is 18.6 Å². The van der Waals surface area contributed by atoms with Crippen molar-refractivity contribution in [2.75, 3.05) is 19.6 Å². The molecule has 94 valence electrons. The van der Waals surface area contributed by atoms with E-state index in [0.29, 0.717) is 0 Å². The van der Waals surface area contributed by atoms with Gasteiger partial charge in [-0.3, -0.25) is 4.90 Å². The molecular weight excluding hydrogens is 196 g/mol. The molecule has 1 saturated heterocycles. The van der Waals surface area contributed by atoms with E-state index in [1.807, 2.05) is 0 Å². The van der Waals surface area contributed by atoms with Gasteiger partial charge in [0.15, 0.2) is 0 Å². The number of nitrogens with zero attached hydrogens (tertiary/aromatic N) is 1. The van der Waals surface area contributed by atoms with Gasteiger partial charge in [-0.25, -0.2) is 0 Å². The highest BCUT2D eigenvalue weighted by molar-refractivity contribution is 4.96. The van der Waals surface area contributed by atoms with Gasteiger partial charge in [0.05, 0.1) is 0 Å². The van der Waals surface area contributed by atoms with Crippen molar-refractivity contribution in [2.24, 2.45) is 5.92 Å². The summed E-state index contributed by atoms with van der Waals surface area (Å²) in [7, 11) is 0. The quantitative estimate of drug-likeness (QED) is 0.772. The summed E-state index contributed by atoms with van der Waals surface area (Å²) in [6.45, 7) is 8.48. The summed E-state index contributed by atoms with van der Waals surface area (Å²) in [5.41, 5.74) is 0. The lowest BCUT2D eigenvalue weighted by Gasteiger charge is -2.24. The molecule has 0 amide bonds. The fourth-order valence-corrected chi connectivity index (χ4v) is 3.23. The van der Waals surface area contributed by atoms with Crippen LogP contribution in [0.4, 0.5) is 0 Å². The van der Waals surface area contributed by atoms with Crippen LogP contribution in [0, 0.1) is 5.92 Å². The van der Waals surface area contributed by atoms with Gasteiger partial charge in [-0.05, 0) is 44.7 Å². The summed E-state index contributed by atoms with van der Waals surface area (Å²) >= 11 is 0. The van der Waals surface area contributed by atoms with Crippen molar-refractivity contribution in [3.8, 4) is 0 Å². The van der Waals surface area contributed by atoms with E-state index in [4.69, 9.17) is 0 Å². The van der Waals surface area contributed by atoms with E-state index in [1.54, 1.807) is 0 Å². The molecule has 16 heavy (non-hydrogen) atoms. The molecule has 1 N–H and O–H groups in total. The Balaban J connectivity index is 1.80. The van der Waals surface area contributed by atoms with Gasteiger partial charge in [0.1, 0.15) is 0 Å². The van der Waals surface area contributed by atoms with Crippen molar-refractivity contribution < 1.29 is 0 Å². The van der Waals surface area contributed by atoms with Crippen LogP contribution in [0.1, 0.15) is 52.4 Å². The first-order valence-corrected chi connectivity index (χ1v) is 7.32. The van der Waals surface area contributed by atoms with E-state index in [-0.39, 0.29) is 0 Å². The van der Waals surface area contributed by atoms with Crippen LogP contribution in [0.25, 0.3) is 0 Å². The summed E-state index contributed by atoms with van der Waals surface area (Å²) < 4.78 is 0. The first kappa shape index (κ1) is 12.4. The maximum atomic E-state index is 3.70. The molecule has 0 aromatic heterocycles. The van der Waals surface area contributed by atoms with Gasteiger partial charge in [0.2, 0.25) is 0 Å². The largest absolute Gasteiger partial charge is 0.313 e. The Bertz CT molecular complexity index is 205. The molecular formula is C14H28N2. The molecule has 3 atom stereocenters. The Hall–Kier alpha value is -0.0800. The lowest BCUT2D eigenvalue weighted by Crippen LogP contribution is -2.39.